The molecule has 0 aliphatic carbocycles. The lowest BCUT2D eigenvalue weighted by atomic mass is 10.1. The molecule has 2 heterocycles. The summed E-state index contributed by atoms with van der Waals surface area (Å²) in [5, 5.41) is 3.32. The van der Waals surface area contributed by atoms with Gasteiger partial charge in [-0.3, -0.25) is 0 Å². The van der Waals surface area contributed by atoms with Gasteiger partial charge in [0.15, 0.2) is 0 Å². The smallest absolute Gasteiger partial charge is 0.126 e. The molecule has 3 rings (SSSR count). The van der Waals surface area contributed by atoms with Gasteiger partial charge in [-0.25, -0.2) is 9.37 Å². The molecule has 0 saturated heterocycles. The Bertz CT molecular complexity index is 516. The zero-order valence-electron chi connectivity index (χ0n) is 9.49. The van der Waals surface area contributed by atoms with Crippen molar-refractivity contribution < 1.29 is 4.39 Å². The Morgan fingerprint density at radius 1 is 1.29 bits per heavy atom. The van der Waals surface area contributed by atoms with E-state index in [4.69, 9.17) is 0 Å². The van der Waals surface area contributed by atoms with Crippen LogP contribution in [0, 0.1) is 5.82 Å². The number of nitrogens with zero attached hydrogens (tertiary/aromatic N) is 2. The van der Waals surface area contributed by atoms with E-state index in [1.54, 1.807) is 0 Å². The third-order valence-electron chi connectivity index (χ3n) is 3.08. The minimum absolute atomic E-state index is 0.194. The molecule has 0 atom stereocenters. The first kappa shape index (κ1) is 10.3. The van der Waals surface area contributed by atoms with Crippen molar-refractivity contribution in [1.82, 2.24) is 9.55 Å². The summed E-state index contributed by atoms with van der Waals surface area (Å²) in [6.07, 6.45) is 3.75. The van der Waals surface area contributed by atoms with Crippen LogP contribution in [-0.2, 0) is 13.0 Å². The molecule has 0 saturated carbocycles. The van der Waals surface area contributed by atoms with Crippen LogP contribution in [0.1, 0.15) is 17.8 Å². The lowest BCUT2D eigenvalue weighted by molar-refractivity contribution is 0.605. The van der Waals surface area contributed by atoms with Crippen LogP contribution < -0.4 is 5.32 Å². The number of hydrogen-bond acceptors (Lipinski definition) is 2. The minimum atomic E-state index is -0.194. The lowest BCUT2D eigenvalue weighted by Crippen LogP contribution is -2.18. The molecule has 0 radical (unpaired) electrons. The number of aromatic nitrogens is 2. The van der Waals surface area contributed by atoms with E-state index in [0.29, 0.717) is 0 Å². The van der Waals surface area contributed by atoms with Gasteiger partial charge in [0, 0.05) is 19.5 Å². The first-order valence-corrected chi connectivity index (χ1v) is 5.85. The third kappa shape index (κ3) is 2.02. The quantitative estimate of drug-likeness (QED) is 0.860. The summed E-state index contributed by atoms with van der Waals surface area (Å²) in [4.78, 5) is 4.42. The number of fused-ring (bicyclic) bond motifs is 1. The maximum atomic E-state index is 12.8. The van der Waals surface area contributed by atoms with E-state index in [0.717, 1.165) is 43.1 Å². The molecule has 0 bridgehead atoms. The van der Waals surface area contributed by atoms with Gasteiger partial charge < -0.3 is 9.88 Å². The average molecular weight is 231 g/mol. The van der Waals surface area contributed by atoms with Crippen molar-refractivity contribution in [2.75, 3.05) is 11.9 Å². The van der Waals surface area contributed by atoms with E-state index < -0.39 is 0 Å². The molecule has 3 nitrogen and oxygen atoms in total. The van der Waals surface area contributed by atoms with Crippen LogP contribution in [0.3, 0.4) is 0 Å². The molecule has 0 fully saturated rings. The van der Waals surface area contributed by atoms with Crippen LogP contribution >= 0.6 is 0 Å². The van der Waals surface area contributed by atoms with Gasteiger partial charge in [0.1, 0.15) is 17.5 Å². The maximum absolute atomic E-state index is 12.8. The number of rotatable bonds is 2. The largest absolute Gasteiger partial charge is 0.370 e. The van der Waals surface area contributed by atoms with Crippen LogP contribution in [0.4, 0.5) is 10.2 Å². The monoisotopic (exact) mass is 231 g/mol. The second-order valence-electron chi connectivity index (χ2n) is 4.29. The molecule has 1 aromatic carbocycles. The van der Waals surface area contributed by atoms with Crippen LogP contribution in [-0.4, -0.2) is 16.1 Å². The number of nitrogens with one attached hydrogen (secondary N) is 1. The number of hydrogen-bond donors (Lipinski definition) is 1. The first-order chi connectivity index (χ1) is 8.33. The molecule has 4 heteroatoms. The van der Waals surface area contributed by atoms with E-state index >= 15 is 0 Å². The predicted molar refractivity (Wildman–Crippen MR) is 64.5 cm³/mol. The summed E-state index contributed by atoms with van der Waals surface area (Å²) < 4.78 is 15.0. The third-order valence-corrected chi connectivity index (χ3v) is 3.08. The van der Waals surface area contributed by atoms with Crippen LogP contribution in [0.25, 0.3) is 0 Å². The molecule has 0 spiro atoms. The molecule has 1 aliphatic rings. The Labute approximate surface area is 99.3 Å². The fraction of sp³-hybridized carbons (Fsp3) is 0.308. The highest BCUT2D eigenvalue weighted by Gasteiger charge is 2.13. The van der Waals surface area contributed by atoms with Crippen molar-refractivity contribution >= 4 is 5.82 Å². The van der Waals surface area contributed by atoms with Gasteiger partial charge in [-0.15, -0.1) is 0 Å². The molecule has 1 aliphatic heterocycles. The fourth-order valence-corrected chi connectivity index (χ4v) is 2.18. The molecule has 1 N–H and O–H groups in total. The average Bonchev–Trinajstić information content (AvgIpc) is 2.76. The Morgan fingerprint density at radius 2 is 2.12 bits per heavy atom. The highest BCUT2D eigenvalue weighted by molar-refractivity contribution is 5.37. The molecule has 17 heavy (non-hydrogen) atoms. The molecule has 2 aromatic rings. The summed E-state index contributed by atoms with van der Waals surface area (Å²) >= 11 is 0. The Balaban J connectivity index is 1.85. The fourth-order valence-electron chi connectivity index (χ4n) is 2.18. The normalized spacial score (nSPS) is 14.2. The summed E-state index contributed by atoms with van der Waals surface area (Å²) in [6.45, 7) is 2.03. The predicted octanol–water partition coefficient (Wildman–Crippen LogP) is 2.43. The van der Waals surface area contributed by atoms with Gasteiger partial charge >= 0.3 is 0 Å². The van der Waals surface area contributed by atoms with Crippen LogP contribution in [0.15, 0.2) is 30.5 Å². The van der Waals surface area contributed by atoms with Crippen molar-refractivity contribution in [2.24, 2.45) is 0 Å². The summed E-state index contributed by atoms with van der Waals surface area (Å²) in [5.41, 5.74) is 1.09. The number of imidazole rings is 1. The molecule has 0 amide bonds. The van der Waals surface area contributed by atoms with E-state index in [-0.39, 0.29) is 5.82 Å². The zero-order valence-corrected chi connectivity index (χ0v) is 9.49. The van der Waals surface area contributed by atoms with Gasteiger partial charge in [0.2, 0.25) is 0 Å². The summed E-state index contributed by atoms with van der Waals surface area (Å²) in [7, 11) is 0. The second-order valence-corrected chi connectivity index (χ2v) is 4.29. The van der Waals surface area contributed by atoms with Gasteiger partial charge in [0.05, 0.1) is 6.20 Å². The topological polar surface area (TPSA) is 29.9 Å². The van der Waals surface area contributed by atoms with Gasteiger partial charge in [-0.1, -0.05) is 12.1 Å². The second kappa shape index (κ2) is 4.20. The summed E-state index contributed by atoms with van der Waals surface area (Å²) in [6, 6.07) is 6.61. The van der Waals surface area contributed by atoms with E-state index in [2.05, 4.69) is 14.9 Å². The number of halogens is 1. The van der Waals surface area contributed by atoms with Crippen LogP contribution in [0.5, 0.6) is 0 Å². The van der Waals surface area contributed by atoms with Crippen molar-refractivity contribution in [1.29, 1.82) is 0 Å². The molecule has 0 unspecified atom stereocenters. The minimum Gasteiger partial charge on any atom is -0.370 e. The Kier molecular flexibility index (Phi) is 2.55. The standard InChI is InChI=1S/C13H14FN3/c14-11-4-2-10(3-5-11)8-12-16-9-13-15-6-1-7-17(12)13/h2-5,9,15H,1,6-8H2. The highest BCUT2D eigenvalue weighted by atomic mass is 19.1. The van der Waals surface area contributed by atoms with Crippen molar-refractivity contribution in [3.63, 3.8) is 0 Å². The van der Waals surface area contributed by atoms with Crippen molar-refractivity contribution in [3.8, 4) is 0 Å². The SMILES string of the molecule is Fc1ccc(Cc2ncc3n2CCCN3)cc1. The zero-order chi connectivity index (χ0) is 11.7. The molecule has 88 valence electrons. The van der Waals surface area contributed by atoms with Gasteiger partial charge in [0.25, 0.3) is 0 Å². The van der Waals surface area contributed by atoms with Crippen LogP contribution in [0.2, 0.25) is 0 Å². The molecule has 1 aromatic heterocycles. The van der Waals surface area contributed by atoms with E-state index in [9.17, 15) is 4.39 Å². The van der Waals surface area contributed by atoms with Gasteiger partial charge in [-0.2, -0.15) is 0 Å². The first-order valence-electron chi connectivity index (χ1n) is 5.85. The lowest BCUT2D eigenvalue weighted by Gasteiger charge is -2.18. The number of benzene rings is 1. The summed E-state index contributed by atoms with van der Waals surface area (Å²) in [5.74, 6) is 1.94. The van der Waals surface area contributed by atoms with E-state index in [1.165, 1.54) is 12.1 Å². The van der Waals surface area contributed by atoms with E-state index in [1.807, 2.05) is 18.3 Å². The Hall–Kier alpha value is -1.84. The van der Waals surface area contributed by atoms with Crippen molar-refractivity contribution in [3.05, 3.63) is 47.7 Å². The molecular formula is C13H14FN3. The number of anilines is 1. The maximum Gasteiger partial charge on any atom is 0.126 e. The van der Waals surface area contributed by atoms with Crippen molar-refractivity contribution in [2.45, 2.75) is 19.4 Å². The van der Waals surface area contributed by atoms with Gasteiger partial charge in [-0.05, 0) is 24.1 Å². The highest BCUT2D eigenvalue weighted by Crippen LogP contribution is 2.18. The Morgan fingerprint density at radius 3 is 2.94 bits per heavy atom. The molecular weight excluding hydrogens is 217 g/mol.